The van der Waals surface area contributed by atoms with E-state index >= 15 is 0 Å². The van der Waals surface area contributed by atoms with Crippen LogP contribution in [0.5, 0.6) is 0 Å². The van der Waals surface area contributed by atoms with Gasteiger partial charge in [0.25, 0.3) is 0 Å². The molecule has 1 N–H and O–H groups in total. The molecule has 0 aliphatic carbocycles. The number of hydrogen-bond acceptors (Lipinski definition) is 3. The Labute approximate surface area is 161 Å². The summed E-state index contributed by atoms with van der Waals surface area (Å²) in [5.74, 6) is 0. The molecule has 26 heavy (non-hydrogen) atoms. The van der Waals surface area contributed by atoms with E-state index in [0.717, 1.165) is 26.2 Å². The van der Waals surface area contributed by atoms with Crippen LogP contribution in [-0.4, -0.2) is 43.8 Å². The number of hydrogen-bond donors (Lipinski definition) is 1. The van der Waals surface area contributed by atoms with Gasteiger partial charge in [-0.05, 0) is 56.5 Å². The normalized spacial score (nSPS) is 12.4. The summed E-state index contributed by atoms with van der Waals surface area (Å²) in [7, 11) is 0. The number of aliphatic imine (C=N–C) groups is 1. The highest BCUT2D eigenvalue weighted by Crippen LogP contribution is 2.13. The highest BCUT2D eigenvalue weighted by atomic mass is 15.1. The second kappa shape index (κ2) is 14.7. The number of nitrogens with one attached hydrogen (secondary N) is 1. The van der Waals surface area contributed by atoms with E-state index < -0.39 is 0 Å². The number of unbranched alkanes of at least 4 members (excludes halogenated alkanes) is 2. The Morgan fingerprint density at radius 2 is 1.65 bits per heavy atom. The van der Waals surface area contributed by atoms with Crippen LogP contribution in [-0.2, 0) is 6.54 Å². The van der Waals surface area contributed by atoms with Gasteiger partial charge >= 0.3 is 0 Å². The Balaban J connectivity index is 2.41. The highest BCUT2D eigenvalue weighted by Gasteiger charge is 2.03. The number of rotatable bonds is 14. The van der Waals surface area contributed by atoms with E-state index in [9.17, 15) is 0 Å². The topological polar surface area (TPSA) is 27.6 Å². The molecule has 0 atom stereocenters. The zero-order valence-electron chi connectivity index (χ0n) is 17.4. The van der Waals surface area contributed by atoms with Crippen molar-refractivity contribution in [1.82, 2.24) is 10.2 Å². The van der Waals surface area contributed by atoms with Crippen LogP contribution in [0.25, 0.3) is 5.57 Å². The van der Waals surface area contributed by atoms with Crippen LogP contribution < -0.4 is 5.32 Å². The molecule has 0 unspecified atom stereocenters. The van der Waals surface area contributed by atoms with E-state index in [-0.39, 0.29) is 0 Å². The first-order chi connectivity index (χ1) is 12.7. The molecule has 0 saturated heterocycles. The Morgan fingerprint density at radius 1 is 1.00 bits per heavy atom. The molecule has 146 valence electrons. The molecule has 0 aromatic heterocycles. The smallest absolute Gasteiger partial charge is 0.0361 e. The number of benzene rings is 1. The molecule has 0 aliphatic heterocycles. The Bertz CT molecular complexity index is 509. The van der Waals surface area contributed by atoms with Crippen molar-refractivity contribution < 1.29 is 0 Å². The summed E-state index contributed by atoms with van der Waals surface area (Å²) >= 11 is 0. The molecule has 0 bridgehead atoms. The maximum atomic E-state index is 4.35. The SMILES string of the molecule is C/C=C(\C=NCC)c1ccc(CNCCN(CCCC)CCCC)cc1. The third kappa shape index (κ3) is 9.30. The van der Waals surface area contributed by atoms with Crippen LogP contribution in [0.3, 0.4) is 0 Å². The summed E-state index contributed by atoms with van der Waals surface area (Å²) in [5.41, 5.74) is 3.76. The highest BCUT2D eigenvalue weighted by molar-refractivity contribution is 6.09. The predicted molar refractivity (Wildman–Crippen MR) is 117 cm³/mol. The maximum absolute atomic E-state index is 4.35. The third-order valence-electron chi connectivity index (χ3n) is 4.60. The van der Waals surface area contributed by atoms with Crippen LogP contribution in [0.1, 0.15) is 64.5 Å². The molecule has 0 fully saturated rings. The molecule has 1 rings (SSSR count). The fourth-order valence-corrected chi connectivity index (χ4v) is 2.89. The first-order valence-corrected chi connectivity index (χ1v) is 10.4. The molecule has 3 heteroatoms. The standard InChI is InChI=1S/C23H39N3/c1-5-9-16-26(17-10-6-2)18-15-25-19-21-11-13-23(14-12-21)22(7-3)20-24-8-4/h7,11-14,20,25H,5-6,8-10,15-19H2,1-4H3/b22-7+,24-20?. The average molecular weight is 358 g/mol. The largest absolute Gasteiger partial charge is 0.311 e. The summed E-state index contributed by atoms with van der Waals surface area (Å²) < 4.78 is 0. The van der Waals surface area contributed by atoms with Crippen LogP contribution in [0.2, 0.25) is 0 Å². The lowest BCUT2D eigenvalue weighted by molar-refractivity contribution is 0.264. The van der Waals surface area contributed by atoms with Gasteiger partial charge in [-0.2, -0.15) is 0 Å². The fourth-order valence-electron chi connectivity index (χ4n) is 2.89. The molecule has 0 aliphatic rings. The van der Waals surface area contributed by atoms with Gasteiger partial charge in [-0.15, -0.1) is 0 Å². The number of allylic oxidation sites excluding steroid dienone is 2. The van der Waals surface area contributed by atoms with Crippen LogP contribution in [0.4, 0.5) is 0 Å². The summed E-state index contributed by atoms with van der Waals surface area (Å²) in [6.07, 6.45) is 9.25. The lowest BCUT2D eigenvalue weighted by Gasteiger charge is -2.22. The van der Waals surface area contributed by atoms with Crippen molar-refractivity contribution >= 4 is 11.8 Å². The van der Waals surface area contributed by atoms with Crippen molar-refractivity contribution in [3.8, 4) is 0 Å². The van der Waals surface area contributed by atoms with Crippen molar-refractivity contribution in [2.45, 2.75) is 59.9 Å². The van der Waals surface area contributed by atoms with Crippen LogP contribution >= 0.6 is 0 Å². The molecule has 0 spiro atoms. The van der Waals surface area contributed by atoms with Gasteiger partial charge in [-0.25, -0.2) is 0 Å². The van der Waals surface area contributed by atoms with E-state index in [1.807, 2.05) is 6.21 Å². The minimum atomic E-state index is 0.826. The van der Waals surface area contributed by atoms with Crippen molar-refractivity contribution in [3.63, 3.8) is 0 Å². The second-order valence-corrected chi connectivity index (χ2v) is 6.79. The molecule has 0 radical (unpaired) electrons. The van der Waals surface area contributed by atoms with E-state index in [2.05, 4.69) is 73.2 Å². The minimum absolute atomic E-state index is 0.826. The zero-order valence-corrected chi connectivity index (χ0v) is 17.4. The lowest BCUT2D eigenvalue weighted by atomic mass is 10.0. The van der Waals surface area contributed by atoms with Crippen LogP contribution in [0.15, 0.2) is 35.3 Å². The quantitative estimate of drug-likeness (QED) is 0.367. The second-order valence-electron chi connectivity index (χ2n) is 6.79. The van der Waals surface area contributed by atoms with Gasteiger partial charge in [0.05, 0.1) is 0 Å². The van der Waals surface area contributed by atoms with E-state index in [0.29, 0.717) is 0 Å². The molecule has 0 heterocycles. The Kier molecular flexibility index (Phi) is 12.8. The lowest BCUT2D eigenvalue weighted by Crippen LogP contribution is -2.33. The van der Waals surface area contributed by atoms with Gasteiger partial charge in [0.15, 0.2) is 0 Å². The maximum Gasteiger partial charge on any atom is 0.0361 e. The van der Waals surface area contributed by atoms with Crippen molar-refractivity contribution in [2.75, 3.05) is 32.7 Å². The molecule has 1 aromatic rings. The number of nitrogens with zero attached hydrogens (tertiary/aromatic N) is 2. The average Bonchev–Trinajstić information content (AvgIpc) is 2.68. The summed E-state index contributed by atoms with van der Waals surface area (Å²) in [6, 6.07) is 8.83. The van der Waals surface area contributed by atoms with Crippen molar-refractivity contribution in [3.05, 3.63) is 41.5 Å². The summed E-state index contributed by atoms with van der Waals surface area (Å²) in [4.78, 5) is 6.96. The van der Waals surface area contributed by atoms with Gasteiger partial charge in [-0.3, -0.25) is 4.99 Å². The Hall–Kier alpha value is -1.45. The van der Waals surface area contributed by atoms with Gasteiger partial charge in [0.2, 0.25) is 0 Å². The van der Waals surface area contributed by atoms with Gasteiger partial charge < -0.3 is 10.2 Å². The van der Waals surface area contributed by atoms with Gasteiger partial charge in [0, 0.05) is 32.4 Å². The summed E-state index contributed by atoms with van der Waals surface area (Å²) in [6.45, 7) is 15.1. The van der Waals surface area contributed by atoms with E-state index in [4.69, 9.17) is 0 Å². The fraction of sp³-hybridized carbons (Fsp3) is 0.609. The molecule has 1 aromatic carbocycles. The zero-order chi connectivity index (χ0) is 19.0. The van der Waals surface area contributed by atoms with Crippen molar-refractivity contribution in [1.29, 1.82) is 0 Å². The van der Waals surface area contributed by atoms with Gasteiger partial charge in [-0.1, -0.05) is 57.0 Å². The molecular weight excluding hydrogens is 318 g/mol. The molecule has 0 amide bonds. The Morgan fingerprint density at radius 3 is 2.19 bits per heavy atom. The minimum Gasteiger partial charge on any atom is -0.311 e. The third-order valence-corrected chi connectivity index (χ3v) is 4.60. The first kappa shape index (κ1) is 22.6. The van der Waals surface area contributed by atoms with E-state index in [1.165, 1.54) is 55.5 Å². The molecular formula is C23H39N3. The van der Waals surface area contributed by atoms with Crippen molar-refractivity contribution in [2.24, 2.45) is 4.99 Å². The van der Waals surface area contributed by atoms with Crippen LogP contribution in [0, 0.1) is 0 Å². The monoisotopic (exact) mass is 357 g/mol. The van der Waals surface area contributed by atoms with E-state index in [1.54, 1.807) is 0 Å². The first-order valence-electron chi connectivity index (χ1n) is 10.4. The molecule has 3 nitrogen and oxygen atoms in total. The predicted octanol–water partition coefficient (Wildman–Crippen LogP) is 5.17. The molecule has 0 saturated carbocycles. The summed E-state index contributed by atoms with van der Waals surface area (Å²) in [5, 5.41) is 3.60. The van der Waals surface area contributed by atoms with Gasteiger partial charge in [0.1, 0.15) is 0 Å².